The molecule has 1 aliphatic rings. The SMILES string of the molecule is C[C@@H]1C[C@@H](C)CN(CCCNC(=S)Nc2ccccc2Cl)C1. The Hall–Kier alpha value is -0.840. The fourth-order valence-electron chi connectivity index (χ4n) is 3.21. The van der Waals surface area contributed by atoms with Gasteiger partial charge in [0.05, 0.1) is 10.7 Å². The van der Waals surface area contributed by atoms with Crippen LogP contribution in [-0.2, 0) is 0 Å². The van der Waals surface area contributed by atoms with E-state index in [1.165, 1.54) is 19.5 Å². The van der Waals surface area contributed by atoms with Gasteiger partial charge in [0.25, 0.3) is 0 Å². The van der Waals surface area contributed by atoms with E-state index in [2.05, 4.69) is 29.4 Å². The first-order valence-electron chi connectivity index (χ1n) is 8.06. The lowest BCUT2D eigenvalue weighted by atomic mass is 9.92. The first kappa shape index (κ1) is 17.5. The van der Waals surface area contributed by atoms with Crippen molar-refractivity contribution < 1.29 is 0 Å². The Kier molecular flexibility index (Phi) is 6.93. The van der Waals surface area contributed by atoms with Gasteiger partial charge in [-0.2, -0.15) is 0 Å². The second-order valence-corrected chi connectivity index (χ2v) is 7.24. The van der Waals surface area contributed by atoms with Gasteiger partial charge in [0, 0.05) is 19.6 Å². The number of hydrogen-bond acceptors (Lipinski definition) is 2. The molecule has 2 atom stereocenters. The maximum absolute atomic E-state index is 6.10. The normalized spacial score (nSPS) is 22.3. The summed E-state index contributed by atoms with van der Waals surface area (Å²) in [6.45, 7) is 9.18. The smallest absolute Gasteiger partial charge is 0.170 e. The topological polar surface area (TPSA) is 27.3 Å². The van der Waals surface area contributed by atoms with Crippen molar-refractivity contribution in [1.82, 2.24) is 10.2 Å². The molecular weight excluding hydrogens is 314 g/mol. The monoisotopic (exact) mass is 339 g/mol. The molecule has 2 rings (SSSR count). The molecule has 0 amide bonds. The van der Waals surface area contributed by atoms with Crippen molar-refractivity contribution in [1.29, 1.82) is 0 Å². The van der Waals surface area contributed by atoms with Crippen LogP contribution in [0.4, 0.5) is 5.69 Å². The Bertz CT molecular complexity index is 485. The number of para-hydroxylation sites is 1. The molecule has 22 heavy (non-hydrogen) atoms. The van der Waals surface area contributed by atoms with Gasteiger partial charge in [0.15, 0.2) is 5.11 Å². The van der Waals surface area contributed by atoms with Crippen molar-refractivity contribution in [3.05, 3.63) is 29.3 Å². The molecular formula is C17H26ClN3S. The van der Waals surface area contributed by atoms with Gasteiger partial charge in [0.1, 0.15) is 0 Å². The van der Waals surface area contributed by atoms with E-state index in [0.29, 0.717) is 10.1 Å². The molecule has 0 unspecified atom stereocenters. The lowest BCUT2D eigenvalue weighted by Gasteiger charge is -2.35. The van der Waals surface area contributed by atoms with E-state index in [0.717, 1.165) is 37.0 Å². The Morgan fingerprint density at radius 1 is 1.27 bits per heavy atom. The van der Waals surface area contributed by atoms with E-state index in [-0.39, 0.29) is 0 Å². The van der Waals surface area contributed by atoms with E-state index in [9.17, 15) is 0 Å². The third-order valence-electron chi connectivity index (χ3n) is 4.00. The highest BCUT2D eigenvalue weighted by Gasteiger charge is 2.20. The van der Waals surface area contributed by atoms with Gasteiger partial charge >= 0.3 is 0 Å². The van der Waals surface area contributed by atoms with Gasteiger partial charge in [-0.15, -0.1) is 0 Å². The van der Waals surface area contributed by atoms with Crippen LogP contribution in [0.2, 0.25) is 5.02 Å². The molecule has 5 heteroatoms. The minimum absolute atomic E-state index is 0.633. The van der Waals surface area contributed by atoms with Crippen molar-refractivity contribution in [2.45, 2.75) is 26.7 Å². The van der Waals surface area contributed by atoms with E-state index in [1.807, 2.05) is 24.3 Å². The molecule has 0 aromatic heterocycles. The van der Waals surface area contributed by atoms with Crippen LogP contribution in [0.1, 0.15) is 26.7 Å². The molecule has 1 aromatic carbocycles. The molecule has 1 saturated heterocycles. The van der Waals surface area contributed by atoms with E-state index in [1.54, 1.807) is 0 Å². The highest BCUT2D eigenvalue weighted by atomic mass is 35.5. The summed E-state index contributed by atoms with van der Waals surface area (Å²) < 4.78 is 0. The zero-order valence-electron chi connectivity index (χ0n) is 13.4. The molecule has 122 valence electrons. The molecule has 3 nitrogen and oxygen atoms in total. The molecule has 1 fully saturated rings. The van der Waals surface area contributed by atoms with Crippen LogP contribution in [0.15, 0.2) is 24.3 Å². The molecule has 1 aromatic rings. The second kappa shape index (κ2) is 8.70. The van der Waals surface area contributed by atoms with Crippen LogP contribution in [0.5, 0.6) is 0 Å². The molecule has 0 aliphatic carbocycles. The van der Waals surface area contributed by atoms with E-state index >= 15 is 0 Å². The first-order valence-corrected chi connectivity index (χ1v) is 8.85. The highest BCUT2D eigenvalue weighted by molar-refractivity contribution is 7.80. The average molecular weight is 340 g/mol. The van der Waals surface area contributed by atoms with Crippen molar-refractivity contribution in [2.75, 3.05) is 31.5 Å². The Labute approximate surface area is 144 Å². The largest absolute Gasteiger partial charge is 0.362 e. The Morgan fingerprint density at radius 3 is 2.64 bits per heavy atom. The van der Waals surface area contributed by atoms with Gasteiger partial charge in [-0.25, -0.2) is 0 Å². The fraction of sp³-hybridized carbons (Fsp3) is 0.588. The van der Waals surface area contributed by atoms with Gasteiger partial charge in [-0.05, 0) is 55.6 Å². The second-order valence-electron chi connectivity index (χ2n) is 6.42. The molecule has 2 N–H and O–H groups in total. The minimum atomic E-state index is 0.633. The molecule has 1 heterocycles. The summed E-state index contributed by atoms with van der Waals surface area (Å²) in [5.41, 5.74) is 0.848. The summed E-state index contributed by atoms with van der Waals surface area (Å²) >= 11 is 11.4. The number of nitrogens with zero attached hydrogens (tertiary/aromatic N) is 1. The Balaban J connectivity index is 1.64. The number of benzene rings is 1. The lowest BCUT2D eigenvalue weighted by Crippen LogP contribution is -2.40. The van der Waals surface area contributed by atoms with Crippen LogP contribution in [0, 0.1) is 11.8 Å². The van der Waals surface area contributed by atoms with Crippen molar-refractivity contribution in [3.8, 4) is 0 Å². The number of rotatable bonds is 5. The number of anilines is 1. The van der Waals surface area contributed by atoms with Crippen LogP contribution < -0.4 is 10.6 Å². The maximum Gasteiger partial charge on any atom is 0.170 e. The van der Waals surface area contributed by atoms with Crippen LogP contribution in [-0.4, -0.2) is 36.2 Å². The lowest BCUT2D eigenvalue weighted by molar-refractivity contribution is 0.140. The summed E-state index contributed by atoms with van der Waals surface area (Å²) in [4.78, 5) is 2.57. The number of halogens is 1. The Morgan fingerprint density at radius 2 is 1.95 bits per heavy atom. The van der Waals surface area contributed by atoms with Crippen molar-refractivity contribution in [2.24, 2.45) is 11.8 Å². The van der Waals surface area contributed by atoms with Gasteiger partial charge in [-0.1, -0.05) is 37.6 Å². The zero-order valence-corrected chi connectivity index (χ0v) is 15.0. The van der Waals surface area contributed by atoms with Crippen molar-refractivity contribution in [3.63, 3.8) is 0 Å². The summed E-state index contributed by atoms with van der Waals surface area (Å²) in [6.07, 6.45) is 2.46. The third-order valence-corrected chi connectivity index (χ3v) is 4.58. The van der Waals surface area contributed by atoms with E-state index < -0.39 is 0 Å². The van der Waals surface area contributed by atoms with Crippen LogP contribution in [0.3, 0.4) is 0 Å². The summed E-state index contributed by atoms with van der Waals surface area (Å²) in [7, 11) is 0. The number of piperidine rings is 1. The summed E-state index contributed by atoms with van der Waals surface area (Å²) in [6, 6.07) is 7.62. The fourth-order valence-corrected chi connectivity index (χ4v) is 3.60. The maximum atomic E-state index is 6.10. The molecule has 0 spiro atoms. The summed E-state index contributed by atoms with van der Waals surface area (Å²) in [5.74, 6) is 1.64. The molecule has 0 saturated carbocycles. The highest BCUT2D eigenvalue weighted by Crippen LogP contribution is 2.21. The number of hydrogen-bond donors (Lipinski definition) is 2. The molecule has 1 aliphatic heterocycles. The van der Waals surface area contributed by atoms with Crippen LogP contribution in [0.25, 0.3) is 0 Å². The predicted molar refractivity (Wildman–Crippen MR) is 99.7 cm³/mol. The van der Waals surface area contributed by atoms with Gasteiger partial charge in [0.2, 0.25) is 0 Å². The van der Waals surface area contributed by atoms with Gasteiger partial charge < -0.3 is 15.5 Å². The number of likely N-dealkylation sites (tertiary alicyclic amines) is 1. The van der Waals surface area contributed by atoms with Crippen molar-refractivity contribution >= 4 is 34.6 Å². The average Bonchev–Trinajstić information content (AvgIpc) is 2.45. The number of thiocarbonyl (C=S) groups is 1. The minimum Gasteiger partial charge on any atom is -0.362 e. The van der Waals surface area contributed by atoms with Gasteiger partial charge in [-0.3, -0.25) is 0 Å². The standard InChI is InChI=1S/C17H26ClN3S/c1-13-10-14(2)12-21(11-13)9-5-8-19-17(22)20-16-7-4-3-6-15(16)18/h3-4,6-7,13-14H,5,8-12H2,1-2H3,(H2,19,20,22)/t13-,14-/m1/s1. The summed E-state index contributed by atoms with van der Waals surface area (Å²) in [5, 5.41) is 7.71. The molecule has 0 bridgehead atoms. The zero-order chi connectivity index (χ0) is 15.9. The molecule has 0 radical (unpaired) electrons. The van der Waals surface area contributed by atoms with E-state index in [4.69, 9.17) is 23.8 Å². The van der Waals surface area contributed by atoms with Crippen LogP contribution >= 0.6 is 23.8 Å². The number of nitrogens with one attached hydrogen (secondary N) is 2. The first-order chi connectivity index (χ1) is 10.5. The quantitative estimate of drug-likeness (QED) is 0.626. The third kappa shape index (κ3) is 5.75. The predicted octanol–water partition coefficient (Wildman–Crippen LogP) is 3.99.